The molecule has 1 spiro atoms. The molecule has 132 valence electrons. The molecule has 2 N–H and O–H groups in total. The molecular weight excluding hydrogens is 312 g/mol. The number of hydrogen-bond donors (Lipinski definition) is 2. The highest BCUT2D eigenvalue weighted by Gasteiger charge is 2.64. The van der Waals surface area contributed by atoms with Crippen molar-refractivity contribution in [3.63, 3.8) is 0 Å². The number of nitrogens with one attached hydrogen (secondary N) is 2. The van der Waals surface area contributed by atoms with E-state index in [2.05, 4.69) is 10.0 Å². The normalized spacial score (nSPS) is 35.9. The first-order valence-electron chi connectivity index (χ1n) is 9.43. The summed E-state index contributed by atoms with van der Waals surface area (Å²) in [5, 5.41) is 3.60. The minimum atomic E-state index is -3.13. The third-order valence-corrected chi connectivity index (χ3v) is 8.19. The van der Waals surface area contributed by atoms with Crippen LogP contribution in [0.1, 0.15) is 51.4 Å². The third-order valence-electron chi connectivity index (χ3n) is 6.84. The molecule has 4 rings (SSSR count). The second-order valence-corrected chi connectivity index (χ2v) is 10.0. The predicted octanol–water partition coefficient (Wildman–Crippen LogP) is 1.64. The van der Waals surface area contributed by atoms with Gasteiger partial charge in [0, 0.05) is 37.1 Å². The molecule has 3 saturated carbocycles. The lowest BCUT2D eigenvalue weighted by atomic mass is 9.54. The van der Waals surface area contributed by atoms with E-state index in [1.54, 1.807) is 0 Å². The van der Waals surface area contributed by atoms with Crippen LogP contribution < -0.4 is 10.0 Å². The molecule has 1 aliphatic heterocycles. The number of hydrogen-bond acceptors (Lipinski definition) is 4. The van der Waals surface area contributed by atoms with Crippen molar-refractivity contribution >= 4 is 10.0 Å². The molecular formula is C17H30N2O3S. The molecule has 6 heteroatoms. The van der Waals surface area contributed by atoms with Gasteiger partial charge in [0.05, 0.1) is 11.9 Å². The molecule has 0 amide bonds. The standard InChI is InChI=1S/C17H30N2O3S/c20-23(21,19-12-13-4-3-5-13)11-9-18-15-14-6-10-22-16(14)17(15)7-1-2-8-17/h13-16,18-19H,1-12H2/t14-,15+,16+/m0/s1. The van der Waals surface area contributed by atoms with Crippen molar-refractivity contribution in [2.45, 2.75) is 63.5 Å². The van der Waals surface area contributed by atoms with Crippen molar-refractivity contribution in [2.75, 3.05) is 25.4 Å². The summed E-state index contributed by atoms with van der Waals surface area (Å²) >= 11 is 0. The van der Waals surface area contributed by atoms with Crippen LogP contribution in [0.5, 0.6) is 0 Å². The fourth-order valence-corrected chi connectivity index (χ4v) is 6.39. The van der Waals surface area contributed by atoms with Crippen LogP contribution in [-0.4, -0.2) is 46.0 Å². The molecule has 0 aromatic rings. The first-order valence-corrected chi connectivity index (χ1v) is 11.1. The highest BCUT2D eigenvalue weighted by atomic mass is 32.2. The largest absolute Gasteiger partial charge is 0.377 e. The van der Waals surface area contributed by atoms with Gasteiger partial charge in [0.1, 0.15) is 0 Å². The second-order valence-electron chi connectivity index (χ2n) is 8.08. The summed E-state index contributed by atoms with van der Waals surface area (Å²) in [4.78, 5) is 0. The van der Waals surface area contributed by atoms with E-state index >= 15 is 0 Å². The quantitative estimate of drug-likeness (QED) is 0.738. The van der Waals surface area contributed by atoms with E-state index in [0.29, 0.717) is 42.5 Å². The maximum Gasteiger partial charge on any atom is 0.212 e. The van der Waals surface area contributed by atoms with Gasteiger partial charge >= 0.3 is 0 Å². The zero-order valence-electron chi connectivity index (χ0n) is 13.9. The monoisotopic (exact) mass is 342 g/mol. The molecule has 3 aliphatic carbocycles. The van der Waals surface area contributed by atoms with E-state index in [4.69, 9.17) is 4.74 Å². The van der Waals surface area contributed by atoms with Gasteiger partial charge in [-0.1, -0.05) is 19.3 Å². The Morgan fingerprint density at radius 3 is 2.57 bits per heavy atom. The SMILES string of the molecule is O=S(=O)(CCN[C@@H]1[C@@H]2CCO[C@H]2C12CCCC2)NCC1CCC1. The van der Waals surface area contributed by atoms with Crippen LogP contribution in [0.25, 0.3) is 0 Å². The molecule has 1 saturated heterocycles. The lowest BCUT2D eigenvalue weighted by Crippen LogP contribution is -2.67. The molecule has 4 aliphatic rings. The van der Waals surface area contributed by atoms with Crippen molar-refractivity contribution in [2.24, 2.45) is 17.3 Å². The second kappa shape index (κ2) is 6.28. The summed E-state index contributed by atoms with van der Waals surface area (Å²) in [6, 6.07) is 0.472. The van der Waals surface area contributed by atoms with Crippen LogP contribution in [0, 0.1) is 17.3 Å². The molecule has 0 bridgehead atoms. The first kappa shape index (κ1) is 16.3. The smallest absolute Gasteiger partial charge is 0.212 e. The van der Waals surface area contributed by atoms with Gasteiger partial charge in [0.2, 0.25) is 10.0 Å². The minimum Gasteiger partial charge on any atom is -0.377 e. The lowest BCUT2D eigenvalue weighted by Gasteiger charge is -2.57. The van der Waals surface area contributed by atoms with Crippen LogP contribution in [0.3, 0.4) is 0 Å². The van der Waals surface area contributed by atoms with Gasteiger partial charge < -0.3 is 10.1 Å². The van der Waals surface area contributed by atoms with E-state index in [-0.39, 0.29) is 5.75 Å². The maximum atomic E-state index is 12.1. The van der Waals surface area contributed by atoms with Crippen LogP contribution in [0.2, 0.25) is 0 Å². The average molecular weight is 343 g/mol. The zero-order valence-corrected chi connectivity index (χ0v) is 14.7. The molecule has 3 atom stereocenters. The van der Waals surface area contributed by atoms with Gasteiger partial charge in [0.15, 0.2) is 0 Å². The molecule has 0 unspecified atom stereocenters. The van der Waals surface area contributed by atoms with E-state index in [9.17, 15) is 8.42 Å². The molecule has 5 nitrogen and oxygen atoms in total. The van der Waals surface area contributed by atoms with E-state index in [1.807, 2.05) is 0 Å². The van der Waals surface area contributed by atoms with Gasteiger partial charge in [-0.2, -0.15) is 0 Å². The van der Waals surface area contributed by atoms with Gasteiger partial charge in [-0.05, 0) is 38.0 Å². The zero-order chi connectivity index (χ0) is 15.9. The Bertz CT molecular complexity index is 526. The van der Waals surface area contributed by atoms with Crippen molar-refractivity contribution in [1.29, 1.82) is 0 Å². The van der Waals surface area contributed by atoms with Crippen LogP contribution in [0.15, 0.2) is 0 Å². The molecule has 0 aromatic carbocycles. The molecule has 1 heterocycles. The Labute approximate surface area is 140 Å². The maximum absolute atomic E-state index is 12.1. The first-order chi connectivity index (χ1) is 11.1. The predicted molar refractivity (Wildman–Crippen MR) is 89.7 cm³/mol. The average Bonchev–Trinajstić information content (AvgIpc) is 3.10. The molecule has 0 aromatic heterocycles. The van der Waals surface area contributed by atoms with Crippen LogP contribution >= 0.6 is 0 Å². The third kappa shape index (κ3) is 2.96. The van der Waals surface area contributed by atoms with E-state index < -0.39 is 10.0 Å². The van der Waals surface area contributed by atoms with Gasteiger partial charge in [-0.25, -0.2) is 13.1 Å². The number of fused-ring (bicyclic) bond motifs is 2. The highest BCUT2D eigenvalue weighted by molar-refractivity contribution is 7.89. The van der Waals surface area contributed by atoms with E-state index in [0.717, 1.165) is 13.0 Å². The van der Waals surface area contributed by atoms with Crippen molar-refractivity contribution < 1.29 is 13.2 Å². The topological polar surface area (TPSA) is 67.4 Å². The van der Waals surface area contributed by atoms with E-state index in [1.165, 1.54) is 44.9 Å². The van der Waals surface area contributed by atoms with Crippen LogP contribution in [-0.2, 0) is 14.8 Å². The summed E-state index contributed by atoms with van der Waals surface area (Å²) in [6.45, 7) is 2.08. The highest BCUT2D eigenvalue weighted by Crippen LogP contribution is 2.60. The Morgan fingerprint density at radius 2 is 1.87 bits per heavy atom. The van der Waals surface area contributed by atoms with Crippen molar-refractivity contribution in [1.82, 2.24) is 10.0 Å². The summed E-state index contributed by atoms with van der Waals surface area (Å²) in [5.41, 5.74) is 0.310. The lowest BCUT2D eigenvalue weighted by molar-refractivity contribution is -0.129. The summed E-state index contributed by atoms with van der Waals surface area (Å²) < 4.78 is 33.0. The molecule has 23 heavy (non-hydrogen) atoms. The Balaban J connectivity index is 1.27. The number of rotatable bonds is 7. The van der Waals surface area contributed by atoms with Crippen molar-refractivity contribution in [3.05, 3.63) is 0 Å². The summed E-state index contributed by atoms with van der Waals surface area (Å²) in [7, 11) is -3.13. The number of ether oxygens (including phenoxy) is 1. The van der Waals surface area contributed by atoms with Gasteiger partial charge in [-0.15, -0.1) is 0 Å². The Morgan fingerprint density at radius 1 is 1.09 bits per heavy atom. The fraction of sp³-hybridized carbons (Fsp3) is 1.00. The van der Waals surface area contributed by atoms with Gasteiger partial charge in [-0.3, -0.25) is 0 Å². The van der Waals surface area contributed by atoms with Gasteiger partial charge in [0.25, 0.3) is 0 Å². The minimum absolute atomic E-state index is 0.199. The van der Waals surface area contributed by atoms with Crippen molar-refractivity contribution in [3.8, 4) is 0 Å². The Hall–Kier alpha value is -0.170. The molecule has 0 radical (unpaired) electrons. The number of sulfonamides is 1. The Kier molecular flexibility index (Phi) is 4.45. The fourth-order valence-electron chi connectivity index (χ4n) is 5.37. The molecule has 4 fully saturated rings. The van der Waals surface area contributed by atoms with Crippen LogP contribution in [0.4, 0.5) is 0 Å². The summed E-state index contributed by atoms with van der Waals surface area (Å²) in [5.74, 6) is 1.38. The summed E-state index contributed by atoms with van der Waals surface area (Å²) in [6.07, 6.45) is 10.3.